The van der Waals surface area contributed by atoms with Crippen LogP contribution in [-0.2, 0) is 6.54 Å². The fourth-order valence-electron chi connectivity index (χ4n) is 1.15. The van der Waals surface area contributed by atoms with Crippen LogP contribution in [0.5, 0.6) is 0 Å². The molecule has 0 aliphatic heterocycles. The molecule has 1 heterocycles. The highest BCUT2D eigenvalue weighted by molar-refractivity contribution is 6.31. The first-order valence-corrected chi connectivity index (χ1v) is 4.71. The van der Waals surface area contributed by atoms with Gasteiger partial charge >= 0.3 is 0 Å². The van der Waals surface area contributed by atoms with Gasteiger partial charge in [-0.1, -0.05) is 22.8 Å². The smallest absolute Gasteiger partial charge is 0.164 e. The molecular weight excluding hydrogens is 219 g/mol. The minimum atomic E-state index is -0.448. The molecule has 0 aliphatic carbocycles. The highest BCUT2D eigenvalue weighted by atomic mass is 35.5. The van der Waals surface area contributed by atoms with Crippen molar-refractivity contribution in [2.24, 2.45) is 0 Å². The van der Waals surface area contributed by atoms with Crippen molar-refractivity contribution in [1.82, 2.24) is 5.16 Å². The lowest BCUT2D eigenvalue weighted by Crippen LogP contribution is -2.00. The van der Waals surface area contributed by atoms with E-state index in [2.05, 4.69) is 15.0 Å². The second-order valence-corrected chi connectivity index (χ2v) is 3.39. The van der Waals surface area contributed by atoms with Crippen LogP contribution in [0.3, 0.4) is 0 Å². The molecule has 5 heteroatoms. The van der Waals surface area contributed by atoms with E-state index in [1.807, 2.05) is 0 Å². The maximum Gasteiger partial charge on any atom is 0.164 e. The van der Waals surface area contributed by atoms with E-state index < -0.39 is 5.82 Å². The number of hydrogen-bond acceptors (Lipinski definition) is 3. The van der Waals surface area contributed by atoms with Crippen LogP contribution in [0, 0.1) is 5.82 Å². The van der Waals surface area contributed by atoms with Gasteiger partial charge in [0.1, 0.15) is 6.26 Å². The van der Waals surface area contributed by atoms with Crippen molar-refractivity contribution in [3.63, 3.8) is 0 Å². The van der Waals surface area contributed by atoms with E-state index in [1.165, 1.54) is 12.3 Å². The van der Waals surface area contributed by atoms with Gasteiger partial charge in [-0.3, -0.25) is 0 Å². The fraction of sp³-hybridized carbons (Fsp3) is 0.100. The van der Waals surface area contributed by atoms with E-state index in [0.717, 1.165) is 5.56 Å². The predicted molar refractivity (Wildman–Crippen MR) is 55.2 cm³/mol. The minimum absolute atomic E-state index is 0.102. The van der Waals surface area contributed by atoms with Gasteiger partial charge in [0, 0.05) is 12.1 Å². The Morgan fingerprint density at radius 2 is 2.33 bits per heavy atom. The molecular formula is C10H8ClFN2O. The second kappa shape index (κ2) is 4.31. The van der Waals surface area contributed by atoms with Gasteiger partial charge in [0.15, 0.2) is 5.82 Å². The zero-order valence-corrected chi connectivity index (χ0v) is 8.46. The topological polar surface area (TPSA) is 38.1 Å². The van der Waals surface area contributed by atoms with E-state index in [1.54, 1.807) is 18.3 Å². The highest BCUT2D eigenvalue weighted by Crippen LogP contribution is 2.22. The second-order valence-electron chi connectivity index (χ2n) is 2.99. The van der Waals surface area contributed by atoms with Crippen molar-refractivity contribution in [1.29, 1.82) is 0 Å². The number of nitrogens with one attached hydrogen (secondary N) is 1. The van der Waals surface area contributed by atoms with Gasteiger partial charge < -0.3 is 9.84 Å². The molecule has 3 nitrogen and oxygen atoms in total. The van der Waals surface area contributed by atoms with Gasteiger partial charge in [-0.2, -0.15) is 0 Å². The molecule has 0 atom stereocenters. The Hall–Kier alpha value is -1.55. The molecule has 2 rings (SSSR count). The van der Waals surface area contributed by atoms with Crippen molar-refractivity contribution in [3.05, 3.63) is 47.1 Å². The van der Waals surface area contributed by atoms with E-state index in [0.29, 0.717) is 12.2 Å². The lowest BCUT2D eigenvalue weighted by Gasteiger charge is -2.06. The third-order valence-electron chi connectivity index (χ3n) is 1.92. The van der Waals surface area contributed by atoms with Crippen LogP contribution in [0.15, 0.2) is 35.2 Å². The minimum Gasteiger partial charge on any atom is -0.378 e. The van der Waals surface area contributed by atoms with Crippen LogP contribution in [0.25, 0.3) is 0 Å². The number of nitrogens with zero attached hydrogens (tertiary/aromatic N) is 1. The molecule has 0 amide bonds. The zero-order chi connectivity index (χ0) is 10.7. The van der Waals surface area contributed by atoms with Crippen LogP contribution in [0.4, 0.5) is 10.1 Å². The molecule has 1 aromatic carbocycles. The summed E-state index contributed by atoms with van der Waals surface area (Å²) in [4.78, 5) is 0. The molecule has 1 aromatic heterocycles. The summed E-state index contributed by atoms with van der Waals surface area (Å²) < 4.78 is 18.0. The summed E-state index contributed by atoms with van der Waals surface area (Å²) in [6.45, 7) is 0.445. The van der Waals surface area contributed by atoms with E-state index in [9.17, 15) is 4.39 Å². The van der Waals surface area contributed by atoms with Crippen molar-refractivity contribution in [2.45, 2.75) is 6.54 Å². The SMILES string of the molecule is Fc1c(Cl)cccc1NCc1cnoc1. The molecule has 0 saturated carbocycles. The van der Waals surface area contributed by atoms with Gasteiger partial charge in [0.2, 0.25) is 0 Å². The van der Waals surface area contributed by atoms with Crippen molar-refractivity contribution in [2.75, 3.05) is 5.32 Å². The Labute approximate surface area is 90.8 Å². The summed E-state index contributed by atoms with van der Waals surface area (Å²) >= 11 is 5.63. The third-order valence-corrected chi connectivity index (χ3v) is 2.21. The monoisotopic (exact) mass is 226 g/mol. The van der Waals surface area contributed by atoms with Crippen molar-refractivity contribution < 1.29 is 8.91 Å². The van der Waals surface area contributed by atoms with Crippen LogP contribution < -0.4 is 5.32 Å². The van der Waals surface area contributed by atoms with Gasteiger partial charge in [0.25, 0.3) is 0 Å². The Morgan fingerprint density at radius 3 is 3.07 bits per heavy atom. The molecule has 15 heavy (non-hydrogen) atoms. The largest absolute Gasteiger partial charge is 0.378 e. The molecule has 0 fully saturated rings. The number of aromatic nitrogens is 1. The van der Waals surface area contributed by atoms with Crippen LogP contribution >= 0.6 is 11.6 Å². The van der Waals surface area contributed by atoms with Gasteiger partial charge in [-0.15, -0.1) is 0 Å². The molecule has 0 unspecified atom stereocenters. The average Bonchev–Trinajstić information content (AvgIpc) is 2.73. The average molecular weight is 227 g/mol. The first kappa shape index (κ1) is 9.98. The number of halogens is 2. The molecule has 0 saturated heterocycles. The lowest BCUT2D eigenvalue weighted by atomic mass is 10.3. The van der Waals surface area contributed by atoms with E-state index >= 15 is 0 Å². The number of hydrogen-bond donors (Lipinski definition) is 1. The molecule has 0 radical (unpaired) electrons. The summed E-state index contributed by atoms with van der Waals surface area (Å²) in [5.74, 6) is -0.448. The molecule has 1 N–H and O–H groups in total. The number of rotatable bonds is 3. The summed E-state index contributed by atoms with van der Waals surface area (Å²) in [5.41, 5.74) is 1.21. The Kier molecular flexibility index (Phi) is 2.87. The third kappa shape index (κ3) is 2.27. The zero-order valence-electron chi connectivity index (χ0n) is 7.71. The molecule has 78 valence electrons. The van der Waals surface area contributed by atoms with E-state index in [4.69, 9.17) is 11.6 Å². The standard InChI is InChI=1S/C10H8ClFN2O/c11-8-2-1-3-9(10(8)12)13-4-7-5-14-15-6-7/h1-3,5-6,13H,4H2. The first-order valence-electron chi connectivity index (χ1n) is 4.33. The van der Waals surface area contributed by atoms with Crippen molar-refractivity contribution in [3.8, 4) is 0 Å². The number of anilines is 1. The quantitative estimate of drug-likeness (QED) is 0.874. The molecule has 0 bridgehead atoms. The first-order chi connectivity index (χ1) is 7.27. The molecule has 2 aromatic rings. The summed E-state index contributed by atoms with van der Waals surface area (Å²) in [5, 5.41) is 6.54. The van der Waals surface area contributed by atoms with Crippen LogP contribution in [0.1, 0.15) is 5.56 Å². The summed E-state index contributed by atoms with van der Waals surface area (Å²) in [6, 6.07) is 4.80. The lowest BCUT2D eigenvalue weighted by molar-refractivity contribution is 0.419. The maximum atomic E-state index is 13.4. The van der Waals surface area contributed by atoms with E-state index in [-0.39, 0.29) is 5.02 Å². The summed E-state index contributed by atoms with van der Waals surface area (Å²) in [6.07, 6.45) is 3.06. The molecule has 0 aliphatic rings. The van der Waals surface area contributed by atoms with Crippen LogP contribution in [0.2, 0.25) is 5.02 Å². The Morgan fingerprint density at radius 1 is 1.47 bits per heavy atom. The van der Waals surface area contributed by atoms with Gasteiger partial charge in [-0.25, -0.2) is 4.39 Å². The normalized spacial score (nSPS) is 10.3. The summed E-state index contributed by atoms with van der Waals surface area (Å²) in [7, 11) is 0. The number of benzene rings is 1. The highest BCUT2D eigenvalue weighted by Gasteiger charge is 2.05. The van der Waals surface area contributed by atoms with Crippen molar-refractivity contribution >= 4 is 17.3 Å². The van der Waals surface area contributed by atoms with Crippen LogP contribution in [-0.4, -0.2) is 5.16 Å². The fourth-order valence-corrected chi connectivity index (χ4v) is 1.33. The van der Waals surface area contributed by atoms with Gasteiger partial charge in [0.05, 0.1) is 16.9 Å². The predicted octanol–water partition coefficient (Wildman–Crippen LogP) is 3.08. The maximum absolute atomic E-state index is 13.4. The molecule has 0 spiro atoms. The van der Waals surface area contributed by atoms with Gasteiger partial charge in [-0.05, 0) is 12.1 Å². The Balaban J connectivity index is 2.08. The Bertz CT molecular complexity index is 445.